The van der Waals surface area contributed by atoms with Gasteiger partial charge in [-0.05, 0) is 35.9 Å². The van der Waals surface area contributed by atoms with Crippen molar-refractivity contribution in [1.82, 2.24) is 4.90 Å². The summed E-state index contributed by atoms with van der Waals surface area (Å²) in [5.74, 6) is 0. The molecule has 0 bridgehead atoms. The number of anilines is 1. The van der Waals surface area contributed by atoms with E-state index in [0.717, 1.165) is 36.0 Å². The first-order valence-electron chi connectivity index (χ1n) is 8.66. The SMILES string of the molecule is FC(F)(F)/C(=C/c1ccc(C(F)(F)F)cc1)N1CCN(c2ccccc2)CC1. The summed E-state index contributed by atoms with van der Waals surface area (Å²) in [6, 6.07) is 13.1. The maximum atomic E-state index is 13.6. The number of alkyl halides is 6. The standard InChI is InChI=1S/C20H18F6N2/c21-19(22,23)16-8-6-15(7-9-16)14-18(20(24,25)26)28-12-10-27(11-13-28)17-4-2-1-3-5-17/h1-9,14H,10-13H2/b18-14-. The molecular formula is C20H18F6N2. The van der Waals surface area contributed by atoms with Crippen molar-refractivity contribution in [1.29, 1.82) is 0 Å². The zero-order valence-corrected chi connectivity index (χ0v) is 14.8. The number of allylic oxidation sites excluding steroid dienone is 1. The quantitative estimate of drug-likeness (QED) is 0.634. The van der Waals surface area contributed by atoms with Crippen LogP contribution in [0.2, 0.25) is 0 Å². The molecule has 150 valence electrons. The van der Waals surface area contributed by atoms with Gasteiger partial charge in [0, 0.05) is 31.9 Å². The van der Waals surface area contributed by atoms with E-state index in [-0.39, 0.29) is 18.7 Å². The number of piperazine rings is 1. The summed E-state index contributed by atoms with van der Waals surface area (Å²) in [6.45, 7) is 1.18. The van der Waals surface area contributed by atoms with Gasteiger partial charge < -0.3 is 9.80 Å². The highest BCUT2D eigenvalue weighted by Crippen LogP contribution is 2.33. The zero-order chi connectivity index (χ0) is 20.4. The van der Waals surface area contributed by atoms with E-state index in [1.54, 1.807) is 0 Å². The van der Waals surface area contributed by atoms with Crippen LogP contribution in [0.1, 0.15) is 11.1 Å². The van der Waals surface area contributed by atoms with E-state index in [0.29, 0.717) is 13.1 Å². The van der Waals surface area contributed by atoms with Crippen molar-refractivity contribution in [2.75, 3.05) is 31.1 Å². The maximum Gasteiger partial charge on any atom is 0.431 e. The number of hydrogen-bond donors (Lipinski definition) is 0. The van der Waals surface area contributed by atoms with E-state index in [1.165, 1.54) is 4.90 Å². The Balaban J connectivity index is 1.77. The summed E-state index contributed by atoms with van der Waals surface area (Å²) >= 11 is 0. The molecule has 3 rings (SSSR count). The number of hydrogen-bond acceptors (Lipinski definition) is 2. The summed E-state index contributed by atoms with van der Waals surface area (Å²) in [5.41, 5.74) is -0.720. The Hall–Kier alpha value is -2.64. The second kappa shape index (κ2) is 7.77. The summed E-state index contributed by atoms with van der Waals surface area (Å²) in [7, 11) is 0. The van der Waals surface area contributed by atoms with Crippen LogP contribution in [0.4, 0.5) is 32.0 Å². The van der Waals surface area contributed by atoms with Gasteiger partial charge in [-0.15, -0.1) is 0 Å². The Morgan fingerprint density at radius 1 is 0.750 bits per heavy atom. The molecule has 28 heavy (non-hydrogen) atoms. The van der Waals surface area contributed by atoms with Crippen LogP contribution in [0.25, 0.3) is 6.08 Å². The van der Waals surface area contributed by atoms with Crippen molar-refractivity contribution < 1.29 is 26.3 Å². The Morgan fingerprint density at radius 3 is 1.82 bits per heavy atom. The highest BCUT2D eigenvalue weighted by atomic mass is 19.4. The van der Waals surface area contributed by atoms with E-state index >= 15 is 0 Å². The minimum Gasteiger partial charge on any atom is -0.368 e. The Kier molecular flexibility index (Phi) is 5.58. The molecule has 2 aromatic carbocycles. The van der Waals surface area contributed by atoms with Gasteiger partial charge in [0.25, 0.3) is 0 Å². The lowest BCUT2D eigenvalue weighted by Crippen LogP contribution is -2.48. The molecule has 2 nitrogen and oxygen atoms in total. The van der Waals surface area contributed by atoms with E-state index in [4.69, 9.17) is 0 Å². The number of nitrogens with zero attached hydrogens (tertiary/aromatic N) is 2. The van der Waals surface area contributed by atoms with Crippen LogP contribution in [0.5, 0.6) is 0 Å². The Labute approximate surface area is 158 Å². The average molecular weight is 400 g/mol. The fraction of sp³-hybridized carbons (Fsp3) is 0.300. The van der Waals surface area contributed by atoms with Crippen LogP contribution < -0.4 is 4.90 Å². The summed E-state index contributed by atoms with van der Waals surface area (Å²) in [5, 5.41) is 0. The highest BCUT2D eigenvalue weighted by molar-refractivity contribution is 5.55. The van der Waals surface area contributed by atoms with E-state index in [1.807, 2.05) is 35.2 Å². The molecule has 0 aromatic heterocycles. The average Bonchev–Trinajstić information content (AvgIpc) is 2.66. The summed E-state index contributed by atoms with van der Waals surface area (Å²) in [6.07, 6.45) is -8.22. The van der Waals surface area contributed by atoms with Crippen molar-refractivity contribution in [2.45, 2.75) is 12.4 Å². The minimum atomic E-state index is -4.60. The topological polar surface area (TPSA) is 6.48 Å². The third-order valence-electron chi connectivity index (χ3n) is 4.57. The third-order valence-corrected chi connectivity index (χ3v) is 4.57. The molecule has 2 aromatic rings. The van der Waals surface area contributed by atoms with Gasteiger partial charge in [-0.2, -0.15) is 26.3 Å². The predicted molar refractivity (Wildman–Crippen MR) is 95.7 cm³/mol. The molecule has 1 heterocycles. The Bertz CT molecular complexity index is 801. The van der Waals surface area contributed by atoms with Gasteiger partial charge in [0.1, 0.15) is 5.70 Å². The van der Waals surface area contributed by atoms with Gasteiger partial charge >= 0.3 is 12.4 Å². The van der Waals surface area contributed by atoms with Crippen molar-refractivity contribution in [2.24, 2.45) is 0 Å². The first-order valence-corrected chi connectivity index (χ1v) is 8.66. The second-order valence-electron chi connectivity index (χ2n) is 6.46. The fourth-order valence-electron chi connectivity index (χ4n) is 3.12. The van der Waals surface area contributed by atoms with Crippen molar-refractivity contribution in [3.63, 3.8) is 0 Å². The molecule has 0 atom stereocenters. The number of para-hydroxylation sites is 1. The van der Waals surface area contributed by atoms with Crippen LogP contribution >= 0.6 is 0 Å². The van der Waals surface area contributed by atoms with Crippen LogP contribution in [0.15, 0.2) is 60.3 Å². The summed E-state index contributed by atoms with van der Waals surface area (Å²) < 4.78 is 78.6. The van der Waals surface area contributed by atoms with Gasteiger partial charge in [-0.3, -0.25) is 0 Å². The molecule has 1 aliphatic heterocycles. The first-order chi connectivity index (χ1) is 13.1. The van der Waals surface area contributed by atoms with Gasteiger partial charge in [0.05, 0.1) is 5.56 Å². The third kappa shape index (κ3) is 4.79. The lowest BCUT2D eigenvalue weighted by molar-refractivity contribution is -0.137. The monoisotopic (exact) mass is 400 g/mol. The van der Waals surface area contributed by atoms with Crippen LogP contribution in [0, 0.1) is 0 Å². The number of halogens is 6. The Morgan fingerprint density at radius 2 is 1.32 bits per heavy atom. The second-order valence-corrected chi connectivity index (χ2v) is 6.46. The molecule has 0 unspecified atom stereocenters. The van der Waals surface area contributed by atoms with Crippen LogP contribution in [-0.2, 0) is 6.18 Å². The molecule has 0 radical (unpaired) electrons. The molecule has 8 heteroatoms. The van der Waals surface area contributed by atoms with Crippen molar-refractivity contribution >= 4 is 11.8 Å². The molecule has 0 N–H and O–H groups in total. The molecule has 0 spiro atoms. The van der Waals surface area contributed by atoms with E-state index in [9.17, 15) is 26.3 Å². The molecule has 1 saturated heterocycles. The van der Waals surface area contributed by atoms with Gasteiger partial charge in [0.15, 0.2) is 0 Å². The fourth-order valence-corrected chi connectivity index (χ4v) is 3.12. The zero-order valence-electron chi connectivity index (χ0n) is 14.8. The summed E-state index contributed by atoms with van der Waals surface area (Å²) in [4.78, 5) is 3.24. The van der Waals surface area contributed by atoms with Gasteiger partial charge in [-0.25, -0.2) is 0 Å². The lowest BCUT2D eigenvalue weighted by Gasteiger charge is -2.38. The minimum absolute atomic E-state index is 0.0748. The largest absolute Gasteiger partial charge is 0.431 e. The normalized spacial score (nSPS) is 16.4. The predicted octanol–water partition coefficient (Wildman–Crippen LogP) is 5.43. The lowest BCUT2D eigenvalue weighted by atomic mass is 10.1. The van der Waals surface area contributed by atoms with Gasteiger partial charge in [0.2, 0.25) is 0 Å². The molecule has 0 amide bonds. The smallest absolute Gasteiger partial charge is 0.368 e. The molecule has 1 fully saturated rings. The van der Waals surface area contributed by atoms with E-state index in [2.05, 4.69) is 0 Å². The van der Waals surface area contributed by atoms with Crippen molar-refractivity contribution in [3.8, 4) is 0 Å². The van der Waals surface area contributed by atoms with Gasteiger partial charge in [-0.1, -0.05) is 30.3 Å². The number of rotatable bonds is 3. The highest BCUT2D eigenvalue weighted by Gasteiger charge is 2.38. The van der Waals surface area contributed by atoms with E-state index < -0.39 is 23.6 Å². The molecule has 0 saturated carbocycles. The van der Waals surface area contributed by atoms with Crippen LogP contribution in [0.3, 0.4) is 0 Å². The molecule has 0 aliphatic carbocycles. The van der Waals surface area contributed by atoms with Crippen LogP contribution in [-0.4, -0.2) is 37.3 Å². The molecule has 1 aliphatic rings. The van der Waals surface area contributed by atoms with Crippen molar-refractivity contribution in [3.05, 3.63) is 71.4 Å². The number of benzene rings is 2. The molecular weight excluding hydrogens is 382 g/mol. The maximum absolute atomic E-state index is 13.6. The first kappa shape index (κ1) is 20.1.